The molecule has 0 fully saturated rings. The molecule has 6 heteroatoms. The second kappa shape index (κ2) is 4.48. The summed E-state index contributed by atoms with van der Waals surface area (Å²) in [6.45, 7) is 0. The van der Waals surface area contributed by atoms with Crippen LogP contribution in [0.2, 0.25) is 0 Å². The van der Waals surface area contributed by atoms with Gasteiger partial charge in [-0.3, -0.25) is 4.79 Å². The number of aromatic hydroxyl groups is 1. The molecule has 2 heterocycles. The summed E-state index contributed by atoms with van der Waals surface area (Å²) in [5.74, 6) is -0.588. The number of carbonyl (C=O) groups is 1. The highest BCUT2D eigenvalue weighted by atomic mass is 16.5. The van der Waals surface area contributed by atoms with Crippen molar-refractivity contribution in [3.63, 3.8) is 0 Å². The van der Waals surface area contributed by atoms with Gasteiger partial charge in [0.1, 0.15) is 5.56 Å². The van der Waals surface area contributed by atoms with Crippen molar-refractivity contribution in [1.82, 2.24) is 4.98 Å². The topological polar surface area (TPSA) is 89.2 Å². The number of aromatic nitrogens is 2. The fraction of sp³-hybridized carbons (Fsp3) is 0. The van der Waals surface area contributed by atoms with Crippen molar-refractivity contribution in [2.75, 3.05) is 5.32 Å². The quantitative estimate of drug-likeness (QED) is 0.587. The highest BCUT2D eigenvalue weighted by Gasteiger charge is 2.11. The average Bonchev–Trinajstić information content (AvgIpc) is 2.32. The molecular formula is C11H9N3O3. The second-order valence-corrected chi connectivity index (χ2v) is 3.28. The molecule has 0 aromatic carbocycles. The molecule has 0 bridgehead atoms. The number of nitrogens with zero attached hydrogens (tertiary/aromatic N) is 2. The number of rotatable bonds is 2. The molecule has 6 nitrogen and oxygen atoms in total. The summed E-state index contributed by atoms with van der Waals surface area (Å²) < 4.78 is 0.521. The maximum atomic E-state index is 11.7. The van der Waals surface area contributed by atoms with Crippen molar-refractivity contribution in [1.29, 1.82) is 0 Å². The number of hydrogen-bond donors (Lipinski definition) is 2. The van der Waals surface area contributed by atoms with Crippen LogP contribution < -0.4 is 10.0 Å². The van der Waals surface area contributed by atoms with Crippen LogP contribution >= 0.6 is 0 Å². The van der Waals surface area contributed by atoms with Crippen LogP contribution in [-0.2, 0) is 0 Å². The van der Waals surface area contributed by atoms with Crippen LogP contribution in [0.15, 0.2) is 42.9 Å². The van der Waals surface area contributed by atoms with Gasteiger partial charge in [-0.25, -0.2) is 4.98 Å². The van der Waals surface area contributed by atoms with Crippen LogP contribution in [0.5, 0.6) is 5.75 Å². The van der Waals surface area contributed by atoms with Crippen LogP contribution in [0.4, 0.5) is 5.82 Å². The van der Waals surface area contributed by atoms with Gasteiger partial charge >= 0.3 is 0 Å². The Labute approximate surface area is 96.8 Å². The fourth-order valence-electron chi connectivity index (χ4n) is 1.26. The Morgan fingerprint density at radius 2 is 2.24 bits per heavy atom. The van der Waals surface area contributed by atoms with Crippen LogP contribution in [0.3, 0.4) is 0 Å². The van der Waals surface area contributed by atoms with Gasteiger partial charge in [0.05, 0.1) is 0 Å². The smallest absolute Gasteiger partial charge is 0.263 e. The summed E-state index contributed by atoms with van der Waals surface area (Å²) >= 11 is 0. The summed E-state index contributed by atoms with van der Waals surface area (Å²) in [7, 11) is 0. The summed E-state index contributed by atoms with van der Waals surface area (Å²) in [4.78, 5) is 15.5. The second-order valence-electron chi connectivity index (χ2n) is 3.28. The zero-order valence-electron chi connectivity index (χ0n) is 8.70. The largest absolute Gasteiger partial charge is 0.619 e. The minimum atomic E-state index is -0.510. The number of anilines is 1. The first-order valence-electron chi connectivity index (χ1n) is 4.81. The van der Waals surface area contributed by atoms with Gasteiger partial charge in [0, 0.05) is 12.3 Å². The minimum Gasteiger partial charge on any atom is -0.619 e. The van der Waals surface area contributed by atoms with Crippen LogP contribution in [0, 0.1) is 5.21 Å². The fourth-order valence-corrected chi connectivity index (χ4v) is 1.26. The lowest BCUT2D eigenvalue weighted by molar-refractivity contribution is -0.605. The number of pyridine rings is 2. The van der Waals surface area contributed by atoms with E-state index in [0.717, 1.165) is 6.20 Å². The number of carbonyl (C=O) groups excluding carboxylic acids is 1. The molecule has 2 rings (SSSR count). The highest BCUT2D eigenvalue weighted by molar-refractivity contribution is 6.03. The molecule has 0 unspecified atom stereocenters. The molecular weight excluding hydrogens is 222 g/mol. The summed E-state index contributed by atoms with van der Waals surface area (Å²) in [6.07, 6.45) is 3.85. The molecule has 0 saturated carbocycles. The maximum Gasteiger partial charge on any atom is 0.263 e. The van der Waals surface area contributed by atoms with Gasteiger partial charge in [-0.15, -0.1) is 0 Å². The molecule has 0 spiro atoms. The predicted molar refractivity (Wildman–Crippen MR) is 59.3 cm³/mol. The molecule has 2 aromatic heterocycles. The van der Waals surface area contributed by atoms with Crippen molar-refractivity contribution >= 4 is 11.7 Å². The van der Waals surface area contributed by atoms with E-state index in [1.807, 2.05) is 0 Å². The van der Waals surface area contributed by atoms with E-state index in [9.17, 15) is 15.1 Å². The molecule has 0 atom stereocenters. The number of nitrogens with one attached hydrogen (secondary N) is 1. The number of hydrogen-bond acceptors (Lipinski definition) is 4. The minimum absolute atomic E-state index is 0.0544. The lowest BCUT2D eigenvalue weighted by Gasteiger charge is -2.05. The van der Waals surface area contributed by atoms with Gasteiger partial charge in [0.15, 0.2) is 24.0 Å². The maximum absolute atomic E-state index is 11.7. The van der Waals surface area contributed by atoms with Crippen molar-refractivity contribution in [2.24, 2.45) is 0 Å². The van der Waals surface area contributed by atoms with Gasteiger partial charge in [-0.1, -0.05) is 0 Å². The van der Waals surface area contributed by atoms with Crippen molar-refractivity contribution in [2.45, 2.75) is 0 Å². The Hall–Kier alpha value is -2.63. The standard InChI is InChI=1S/C11H9N3O3/c15-9-4-1-5-12-10(9)13-11(16)8-3-2-6-14(17)7-8/h1-7,15H,(H,12,13,16). The molecule has 0 saturated heterocycles. The first kappa shape index (κ1) is 10.9. The Kier molecular flexibility index (Phi) is 2.87. The monoisotopic (exact) mass is 231 g/mol. The van der Waals surface area contributed by atoms with E-state index in [4.69, 9.17) is 0 Å². The normalized spacial score (nSPS) is 9.88. The van der Waals surface area contributed by atoms with E-state index in [-0.39, 0.29) is 17.1 Å². The third kappa shape index (κ3) is 2.49. The summed E-state index contributed by atoms with van der Waals surface area (Å²) in [5, 5.41) is 22.8. The zero-order valence-corrected chi connectivity index (χ0v) is 8.70. The first-order valence-corrected chi connectivity index (χ1v) is 4.81. The van der Waals surface area contributed by atoms with Crippen LogP contribution in [-0.4, -0.2) is 16.0 Å². The van der Waals surface area contributed by atoms with Crippen molar-refractivity contribution < 1.29 is 14.6 Å². The van der Waals surface area contributed by atoms with Gasteiger partial charge in [-0.2, -0.15) is 4.73 Å². The van der Waals surface area contributed by atoms with Gasteiger partial charge in [0.2, 0.25) is 0 Å². The third-order valence-corrected chi connectivity index (χ3v) is 2.06. The van der Waals surface area contributed by atoms with E-state index in [1.54, 1.807) is 6.07 Å². The first-order chi connectivity index (χ1) is 8.16. The molecule has 0 radical (unpaired) electrons. The van der Waals surface area contributed by atoms with Crippen molar-refractivity contribution in [3.05, 3.63) is 53.6 Å². The van der Waals surface area contributed by atoms with Crippen LogP contribution in [0.25, 0.3) is 0 Å². The van der Waals surface area contributed by atoms with Crippen LogP contribution in [0.1, 0.15) is 10.4 Å². The molecule has 2 aromatic rings. The van der Waals surface area contributed by atoms with Crippen molar-refractivity contribution in [3.8, 4) is 5.75 Å². The van der Waals surface area contributed by atoms with E-state index in [0.29, 0.717) is 4.73 Å². The molecule has 2 N–H and O–H groups in total. The SMILES string of the molecule is O=C(Nc1ncccc1O)c1ccc[n+]([O-])c1. The Balaban J connectivity index is 2.20. The third-order valence-electron chi connectivity index (χ3n) is 2.06. The lowest BCUT2D eigenvalue weighted by Crippen LogP contribution is -2.27. The Morgan fingerprint density at radius 1 is 1.41 bits per heavy atom. The van der Waals surface area contributed by atoms with Gasteiger partial charge in [-0.05, 0) is 18.2 Å². The van der Waals surface area contributed by atoms with E-state index < -0.39 is 5.91 Å². The molecule has 1 amide bonds. The molecule has 0 aliphatic heterocycles. The highest BCUT2D eigenvalue weighted by Crippen LogP contribution is 2.18. The summed E-state index contributed by atoms with van der Waals surface area (Å²) in [6, 6.07) is 5.89. The van der Waals surface area contributed by atoms with E-state index >= 15 is 0 Å². The lowest BCUT2D eigenvalue weighted by atomic mass is 10.2. The number of amides is 1. The Morgan fingerprint density at radius 3 is 2.94 bits per heavy atom. The van der Waals surface area contributed by atoms with Gasteiger partial charge < -0.3 is 15.6 Å². The predicted octanol–water partition coefficient (Wildman–Crippen LogP) is 0.673. The molecule has 17 heavy (non-hydrogen) atoms. The van der Waals surface area contributed by atoms with E-state index in [2.05, 4.69) is 10.3 Å². The summed E-state index contributed by atoms with van der Waals surface area (Å²) in [5.41, 5.74) is 0.188. The van der Waals surface area contributed by atoms with E-state index in [1.165, 1.54) is 30.6 Å². The average molecular weight is 231 g/mol. The Bertz CT molecular complexity index is 557. The molecule has 86 valence electrons. The zero-order chi connectivity index (χ0) is 12.3. The molecule has 0 aliphatic rings. The van der Waals surface area contributed by atoms with Gasteiger partial charge in [0.25, 0.3) is 5.91 Å². The molecule has 0 aliphatic carbocycles.